The number of amides is 6. The Hall–Kier alpha value is -4.32. The topological polar surface area (TPSA) is 301 Å². The van der Waals surface area contributed by atoms with E-state index >= 15 is 0 Å². The molecule has 0 unspecified atom stereocenters. The van der Waals surface area contributed by atoms with Gasteiger partial charge in [-0.05, 0) is 69.9 Å². The number of nitrogens with two attached hydrogens (primary N) is 2. The predicted octanol–water partition coefficient (Wildman–Crippen LogP) is -2.18. The van der Waals surface area contributed by atoms with Crippen molar-refractivity contribution in [3.05, 3.63) is 0 Å². The van der Waals surface area contributed by atoms with Gasteiger partial charge in [0.05, 0.1) is 12.5 Å². The Kier molecular flexibility index (Phi) is 18.8. The summed E-state index contributed by atoms with van der Waals surface area (Å²) in [5.41, 5.74) is 10.8. The van der Waals surface area contributed by atoms with Crippen LogP contribution in [0.15, 0.2) is 0 Å². The lowest BCUT2D eigenvalue weighted by Gasteiger charge is -2.29. The monoisotopic (exact) mass is 698 g/mol. The molecule has 0 bridgehead atoms. The van der Waals surface area contributed by atoms with Crippen molar-refractivity contribution in [1.29, 1.82) is 0 Å². The van der Waals surface area contributed by atoms with E-state index in [2.05, 4.69) is 26.6 Å². The fourth-order valence-electron chi connectivity index (χ4n) is 5.17. The normalized spacial score (nSPS) is 17.2. The second-order valence-electron chi connectivity index (χ2n) is 13.0. The van der Waals surface area contributed by atoms with Gasteiger partial charge in [-0.2, -0.15) is 0 Å². The third kappa shape index (κ3) is 16.1. The number of nitrogens with one attached hydrogen (secondary N) is 6. The minimum absolute atomic E-state index is 0.0316. The van der Waals surface area contributed by atoms with E-state index in [1.807, 2.05) is 19.2 Å². The van der Waals surface area contributed by atoms with Crippen LogP contribution in [0.5, 0.6) is 0 Å². The zero-order valence-corrected chi connectivity index (χ0v) is 28.7. The van der Waals surface area contributed by atoms with Crippen LogP contribution in [0.25, 0.3) is 0 Å². The molecule has 18 nitrogen and oxygen atoms in total. The Bertz CT molecular complexity index is 1180. The van der Waals surface area contributed by atoms with E-state index in [9.17, 15) is 43.5 Å². The van der Waals surface area contributed by atoms with Gasteiger partial charge >= 0.3 is 11.9 Å². The van der Waals surface area contributed by atoms with Crippen molar-refractivity contribution in [2.24, 2.45) is 23.3 Å². The number of rotatable bonds is 23. The van der Waals surface area contributed by atoms with Crippen molar-refractivity contribution in [2.75, 3.05) is 13.1 Å². The fourth-order valence-corrected chi connectivity index (χ4v) is 5.17. The molecule has 12 N–H and O–H groups in total. The van der Waals surface area contributed by atoms with Crippen molar-refractivity contribution >= 4 is 47.4 Å². The lowest BCUT2D eigenvalue weighted by molar-refractivity contribution is -0.147. The second-order valence-corrected chi connectivity index (χ2v) is 13.0. The Morgan fingerprint density at radius 3 is 1.82 bits per heavy atom. The molecule has 1 heterocycles. The lowest BCUT2D eigenvalue weighted by Crippen LogP contribution is -2.60. The highest BCUT2D eigenvalue weighted by atomic mass is 16.4. The molecule has 0 radical (unpaired) electrons. The highest BCUT2D eigenvalue weighted by molar-refractivity contribution is 5.96. The van der Waals surface area contributed by atoms with Gasteiger partial charge in [0.1, 0.15) is 30.2 Å². The van der Waals surface area contributed by atoms with Crippen LogP contribution in [-0.4, -0.2) is 107 Å². The van der Waals surface area contributed by atoms with E-state index in [0.717, 1.165) is 6.42 Å². The Balaban J connectivity index is 3.19. The van der Waals surface area contributed by atoms with Crippen LogP contribution in [0, 0.1) is 11.8 Å². The number of carboxylic acid groups (broad SMARTS) is 2. The van der Waals surface area contributed by atoms with Crippen LogP contribution in [0.4, 0.5) is 0 Å². The maximum atomic E-state index is 13.6. The van der Waals surface area contributed by atoms with Crippen molar-refractivity contribution in [3.63, 3.8) is 0 Å². The van der Waals surface area contributed by atoms with Crippen LogP contribution in [0.3, 0.4) is 0 Å². The van der Waals surface area contributed by atoms with Gasteiger partial charge in [0.15, 0.2) is 0 Å². The van der Waals surface area contributed by atoms with Crippen LogP contribution >= 0.6 is 0 Å². The van der Waals surface area contributed by atoms with Crippen LogP contribution in [0.1, 0.15) is 85.5 Å². The number of unbranched alkanes of at least 4 members (excludes halogenated alkanes) is 1. The summed E-state index contributed by atoms with van der Waals surface area (Å²) in [4.78, 5) is 100. The van der Waals surface area contributed by atoms with E-state index in [-0.39, 0.29) is 37.6 Å². The molecule has 1 aliphatic rings. The highest BCUT2D eigenvalue weighted by Crippen LogP contribution is 2.12. The van der Waals surface area contributed by atoms with E-state index in [1.165, 1.54) is 0 Å². The van der Waals surface area contributed by atoms with Gasteiger partial charge in [-0.3, -0.25) is 33.6 Å². The first kappa shape index (κ1) is 42.7. The summed E-state index contributed by atoms with van der Waals surface area (Å²) in [5, 5.41) is 34.0. The van der Waals surface area contributed by atoms with Crippen molar-refractivity contribution in [2.45, 2.75) is 122 Å². The summed E-state index contributed by atoms with van der Waals surface area (Å²) in [6.45, 7) is 8.14. The summed E-state index contributed by atoms with van der Waals surface area (Å²) in [6.07, 6.45) is 1.03. The van der Waals surface area contributed by atoms with Gasteiger partial charge in [0.2, 0.25) is 35.4 Å². The molecule has 278 valence electrons. The molecule has 18 heteroatoms. The molecule has 6 amide bonds. The van der Waals surface area contributed by atoms with E-state index in [4.69, 9.17) is 16.6 Å². The molecule has 1 rings (SSSR count). The second kappa shape index (κ2) is 21.6. The zero-order valence-electron chi connectivity index (χ0n) is 28.7. The third-order valence-electron chi connectivity index (χ3n) is 7.85. The van der Waals surface area contributed by atoms with E-state index in [1.54, 1.807) is 13.8 Å². The average Bonchev–Trinajstić information content (AvgIpc) is 3.55. The standard InChI is InChI=1S/C31H54N8O10/c1-16(2)14-21(37-26(43)18-9-7-13-34-18)29(46)39-25(17(3)4)30(47)36-19(8-5-6-12-32)27(44)35-20(10-11-23(33)40)28(45)38-22(31(48)49)15-24(41)42/h16-22,25,34H,5-15,32H2,1-4H3,(H2,33,40)(H,35,44)(H,36,47)(H,37,43)(H,38,45)(H,39,46)(H,41,42)(H,48,49)/t18-,19-,20-,21-,22-,25-/m0/s1. The van der Waals surface area contributed by atoms with Crippen molar-refractivity contribution in [1.82, 2.24) is 31.9 Å². The SMILES string of the molecule is CC(C)C[C@H](NC(=O)[C@@H]1CCCN1)C(=O)N[C@H](C(=O)N[C@@H](CCCCN)C(=O)N[C@@H](CCC(N)=O)C(=O)N[C@@H](CC(=O)O)C(=O)O)C(C)C. The minimum atomic E-state index is -1.83. The van der Waals surface area contributed by atoms with Crippen molar-refractivity contribution < 1.29 is 48.6 Å². The number of primary amides is 1. The lowest BCUT2D eigenvalue weighted by atomic mass is 9.98. The summed E-state index contributed by atoms with van der Waals surface area (Å²) in [5.74, 6) is -7.90. The molecular formula is C31H54N8O10. The average molecular weight is 699 g/mol. The maximum absolute atomic E-state index is 13.6. The fraction of sp³-hybridized carbons (Fsp3) is 0.742. The number of hydrogen-bond donors (Lipinski definition) is 10. The maximum Gasteiger partial charge on any atom is 0.326 e. The summed E-state index contributed by atoms with van der Waals surface area (Å²) in [7, 11) is 0. The Morgan fingerprint density at radius 2 is 1.33 bits per heavy atom. The molecule has 0 aromatic carbocycles. The van der Waals surface area contributed by atoms with E-state index in [0.29, 0.717) is 32.2 Å². The highest BCUT2D eigenvalue weighted by Gasteiger charge is 2.35. The first-order valence-electron chi connectivity index (χ1n) is 16.6. The quantitative estimate of drug-likeness (QED) is 0.0510. The largest absolute Gasteiger partial charge is 0.481 e. The van der Waals surface area contributed by atoms with Gasteiger partial charge < -0.3 is 53.6 Å². The van der Waals surface area contributed by atoms with Gasteiger partial charge in [-0.25, -0.2) is 4.79 Å². The Labute approximate surface area is 286 Å². The Morgan fingerprint density at radius 1 is 0.755 bits per heavy atom. The molecule has 49 heavy (non-hydrogen) atoms. The third-order valence-corrected chi connectivity index (χ3v) is 7.85. The summed E-state index contributed by atoms with van der Waals surface area (Å²) < 4.78 is 0. The van der Waals surface area contributed by atoms with Crippen LogP contribution in [0.2, 0.25) is 0 Å². The molecule has 0 saturated carbocycles. The molecule has 6 atom stereocenters. The smallest absolute Gasteiger partial charge is 0.326 e. The molecule has 0 spiro atoms. The summed E-state index contributed by atoms with van der Waals surface area (Å²) >= 11 is 0. The van der Waals surface area contributed by atoms with Crippen LogP contribution < -0.4 is 43.4 Å². The van der Waals surface area contributed by atoms with E-state index < -0.39 is 90.1 Å². The van der Waals surface area contributed by atoms with Gasteiger partial charge in [-0.1, -0.05) is 27.7 Å². The van der Waals surface area contributed by atoms with Gasteiger partial charge in [-0.15, -0.1) is 0 Å². The van der Waals surface area contributed by atoms with Gasteiger partial charge in [0.25, 0.3) is 0 Å². The minimum Gasteiger partial charge on any atom is -0.481 e. The van der Waals surface area contributed by atoms with Gasteiger partial charge in [0, 0.05) is 6.42 Å². The van der Waals surface area contributed by atoms with Crippen molar-refractivity contribution in [3.8, 4) is 0 Å². The molecule has 1 saturated heterocycles. The molecule has 1 fully saturated rings. The number of hydrogen-bond acceptors (Lipinski definition) is 10. The predicted molar refractivity (Wildman–Crippen MR) is 176 cm³/mol. The molecule has 1 aliphatic heterocycles. The molecule has 0 aliphatic carbocycles. The zero-order chi connectivity index (χ0) is 37.3. The molecule has 0 aromatic heterocycles. The number of carbonyl (C=O) groups is 8. The molecule has 0 aromatic rings. The number of carboxylic acids is 2. The first-order chi connectivity index (χ1) is 23.0. The number of aliphatic carboxylic acids is 2. The van der Waals surface area contributed by atoms with Crippen LogP contribution in [-0.2, 0) is 38.4 Å². The first-order valence-corrected chi connectivity index (χ1v) is 16.6. The summed E-state index contributed by atoms with van der Waals surface area (Å²) in [6, 6.07) is -7.06. The molecular weight excluding hydrogens is 644 g/mol. The number of carbonyl (C=O) groups excluding carboxylic acids is 6.